The molecule has 0 fully saturated rings. The summed E-state index contributed by atoms with van der Waals surface area (Å²) in [6.45, 7) is 0. The van der Waals surface area contributed by atoms with E-state index in [1.54, 1.807) is 18.2 Å². The highest BCUT2D eigenvalue weighted by Crippen LogP contribution is 2.49. The van der Waals surface area contributed by atoms with E-state index in [9.17, 15) is 18.0 Å². The van der Waals surface area contributed by atoms with Gasteiger partial charge in [0.1, 0.15) is 5.69 Å². The van der Waals surface area contributed by atoms with E-state index in [1.165, 1.54) is 49.6 Å². The minimum absolute atomic E-state index is 0.0481. The highest BCUT2D eigenvalue weighted by Gasteiger charge is 2.57. The number of pyridine rings is 1. The standard InChI is InChI=1S/C21H13Cl2F3N4O/c1-30(16-10-2-3-11-27-16)15-9-4-6-12(17(15)29-20(30)21(24,25)26)19(31)28-18-13(22)7-5-8-14(18)23/h2-11H,1H3/p+1. The number of para-hydroxylation sites is 2. The summed E-state index contributed by atoms with van der Waals surface area (Å²) in [7, 11) is 1.34. The summed E-state index contributed by atoms with van der Waals surface area (Å²) >= 11 is 12.2. The number of aromatic nitrogens is 1. The van der Waals surface area contributed by atoms with Gasteiger partial charge in [0.25, 0.3) is 5.91 Å². The molecule has 1 aliphatic heterocycles. The van der Waals surface area contributed by atoms with E-state index in [-0.39, 0.29) is 38.5 Å². The Labute approximate surface area is 185 Å². The molecular formula is C21H14Cl2F3N4O+. The van der Waals surface area contributed by atoms with Crippen molar-refractivity contribution in [3.8, 4) is 0 Å². The number of fused-ring (bicyclic) bond motifs is 1. The summed E-state index contributed by atoms with van der Waals surface area (Å²) in [6.07, 6.45) is -3.36. The largest absolute Gasteiger partial charge is 0.488 e. The minimum atomic E-state index is -4.76. The number of hydrogen-bond donors (Lipinski definition) is 1. The zero-order valence-electron chi connectivity index (χ0n) is 15.9. The smallest absolute Gasteiger partial charge is 0.319 e. The van der Waals surface area contributed by atoms with E-state index in [4.69, 9.17) is 23.2 Å². The third-order valence-electron chi connectivity index (χ3n) is 4.94. The van der Waals surface area contributed by atoms with Crippen molar-refractivity contribution in [2.75, 3.05) is 12.4 Å². The predicted molar refractivity (Wildman–Crippen MR) is 116 cm³/mol. The lowest BCUT2D eigenvalue weighted by atomic mass is 10.1. The molecule has 0 spiro atoms. The lowest BCUT2D eigenvalue weighted by molar-refractivity contribution is -0.0650. The molecule has 0 saturated carbocycles. The molecule has 1 aliphatic rings. The molecule has 2 heterocycles. The van der Waals surface area contributed by atoms with Crippen LogP contribution < -0.4 is 9.80 Å². The molecule has 31 heavy (non-hydrogen) atoms. The molecule has 0 saturated heterocycles. The van der Waals surface area contributed by atoms with Crippen LogP contribution in [0.2, 0.25) is 10.0 Å². The van der Waals surface area contributed by atoms with Crippen LogP contribution in [0.3, 0.4) is 0 Å². The van der Waals surface area contributed by atoms with Gasteiger partial charge in [-0.1, -0.05) is 41.4 Å². The Bertz CT molecular complexity index is 1190. The van der Waals surface area contributed by atoms with Gasteiger partial charge in [-0.05, 0) is 24.3 Å². The van der Waals surface area contributed by atoms with E-state index < -0.39 is 22.4 Å². The minimum Gasteiger partial charge on any atom is -0.319 e. The van der Waals surface area contributed by atoms with Gasteiger partial charge in [0.2, 0.25) is 5.82 Å². The number of halogens is 5. The number of amidine groups is 1. The maximum Gasteiger partial charge on any atom is 0.488 e. The molecule has 1 amide bonds. The third-order valence-corrected chi connectivity index (χ3v) is 5.57. The summed E-state index contributed by atoms with van der Waals surface area (Å²) in [5.74, 6) is -1.67. The number of carbonyl (C=O) groups excluding carboxylic acids is 1. The summed E-state index contributed by atoms with van der Waals surface area (Å²) in [5, 5.41) is 2.96. The van der Waals surface area contributed by atoms with Crippen molar-refractivity contribution in [1.29, 1.82) is 0 Å². The number of rotatable bonds is 3. The Balaban J connectivity index is 1.86. The van der Waals surface area contributed by atoms with E-state index >= 15 is 0 Å². The third kappa shape index (κ3) is 3.56. The van der Waals surface area contributed by atoms with E-state index in [0.717, 1.165) is 0 Å². The van der Waals surface area contributed by atoms with Crippen LogP contribution in [0.25, 0.3) is 0 Å². The second-order valence-electron chi connectivity index (χ2n) is 6.85. The number of nitrogens with zero attached hydrogens (tertiary/aromatic N) is 3. The van der Waals surface area contributed by atoms with Gasteiger partial charge in [0.15, 0.2) is 5.69 Å². The fourth-order valence-corrected chi connectivity index (χ4v) is 3.97. The molecule has 3 aromatic rings. The number of nitrogens with one attached hydrogen (secondary N) is 1. The van der Waals surface area contributed by atoms with E-state index in [1.807, 2.05) is 0 Å². The Hall–Kier alpha value is -2.94. The van der Waals surface area contributed by atoms with Crippen molar-refractivity contribution in [3.63, 3.8) is 0 Å². The van der Waals surface area contributed by atoms with Gasteiger partial charge < -0.3 is 5.32 Å². The normalized spacial score (nSPS) is 17.8. The van der Waals surface area contributed by atoms with Crippen LogP contribution in [0.5, 0.6) is 0 Å². The van der Waals surface area contributed by atoms with Crippen LogP contribution in [-0.4, -0.2) is 30.0 Å². The lowest BCUT2D eigenvalue weighted by Crippen LogP contribution is -2.51. The van der Waals surface area contributed by atoms with Crippen molar-refractivity contribution in [2.45, 2.75) is 6.18 Å². The van der Waals surface area contributed by atoms with E-state index in [0.29, 0.717) is 0 Å². The molecule has 5 nitrogen and oxygen atoms in total. The summed E-state index contributed by atoms with van der Waals surface area (Å²) in [6, 6.07) is 13.7. The first-order chi connectivity index (χ1) is 14.6. The molecule has 0 aliphatic carbocycles. The number of aliphatic imine (C=N–C) groups is 1. The molecule has 10 heteroatoms. The molecule has 0 bridgehead atoms. The number of alkyl halides is 3. The molecule has 1 unspecified atom stereocenters. The first-order valence-corrected chi connectivity index (χ1v) is 9.73. The molecule has 1 atom stereocenters. The van der Waals surface area contributed by atoms with Crippen molar-refractivity contribution >= 4 is 57.8 Å². The molecule has 4 rings (SSSR count). The monoisotopic (exact) mass is 465 g/mol. The zero-order valence-corrected chi connectivity index (χ0v) is 17.4. The van der Waals surface area contributed by atoms with Gasteiger partial charge in [-0.2, -0.15) is 22.6 Å². The van der Waals surface area contributed by atoms with Crippen LogP contribution in [0, 0.1) is 0 Å². The van der Waals surface area contributed by atoms with Gasteiger partial charge in [-0.15, -0.1) is 0 Å². The maximum atomic E-state index is 14.0. The van der Waals surface area contributed by atoms with Crippen molar-refractivity contribution in [1.82, 2.24) is 9.47 Å². The van der Waals surface area contributed by atoms with Crippen LogP contribution in [0.15, 0.2) is 65.8 Å². The Morgan fingerprint density at radius 1 is 1.00 bits per heavy atom. The second kappa shape index (κ2) is 7.64. The maximum absolute atomic E-state index is 14.0. The number of anilines is 1. The average Bonchev–Trinajstić information content (AvgIpc) is 3.06. The fourth-order valence-electron chi connectivity index (χ4n) is 3.48. The van der Waals surface area contributed by atoms with Crippen LogP contribution in [-0.2, 0) is 0 Å². The van der Waals surface area contributed by atoms with Crippen LogP contribution in [0.1, 0.15) is 10.4 Å². The number of hydrogen-bond acceptors (Lipinski definition) is 3. The molecule has 1 aromatic heterocycles. The number of quaternary nitrogens is 1. The molecule has 2 aromatic carbocycles. The number of amides is 1. The van der Waals surface area contributed by atoms with Crippen LogP contribution >= 0.6 is 23.2 Å². The van der Waals surface area contributed by atoms with Gasteiger partial charge >= 0.3 is 12.0 Å². The summed E-state index contributed by atoms with van der Waals surface area (Å²) < 4.78 is 41.1. The number of benzene rings is 2. The SMILES string of the molecule is C[N+]1(c2ccccn2)C(C(F)(F)F)=Nc2c(C(=O)Nc3c(Cl)cccc3Cl)cccc21. The first-order valence-electron chi connectivity index (χ1n) is 8.97. The second-order valence-corrected chi connectivity index (χ2v) is 7.67. The average molecular weight is 466 g/mol. The van der Waals surface area contributed by atoms with Crippen molar-refractivity contribution in [3.05, 3.63) is 76.4 Å². The zero-order chi connectivity index (χ0) is 22.4. The number of carbonyl (C=O) groups is 1. The fraction of sp³-hybridized carbons (Fsp3) is 0.0952. The lowest BCUT2D eigenvalue weighted by Gasteiger charge is -2.29. The molecule has 0 radical (unpaired) electrons. The summed E-state index contributed by atoms with van der Waals surface area (Å²) in [5.41, 5.74) is 0.189. The molecule has 1 N–H and O–H groups in total. The van der Waals surface area contributed by atoms with Gasteiger partial charge in [-0.25, -0.2) is 4.98 Å². The highest BCUT2D eigenvalue weighted by atomic mass is 35.5. The van der Waals surface area contributed by atoms with Crippen molar-refractivity contribution < 1.29 is 18.0 Å². The highest BCUT2D eigenvalue weighted by molar-refractivity contribution is 6.40. The predicted octanol–water partition coefficient (Wildman–Crippen LogP) is 6.52. The Morgan fingerprint density at radius 3 is 2.29 bits per heavy atom. The van der Waals surface area contributed by atoms with E-state index in [2.05, 4.69) is 15.3 Å². The quantitative estimate of drug-likeness (QED) is 0.447. The summed E-state index contributed by atoms with van der Waals surface area (Å²) in [4.78, 5) is 21.0. The molecule has 158 valence electrons. The topological polar surface area (TPSA) is 54.4 Å². The molecular weight excluding hydrogens is 452 g/mol. The van der Waals surface area contributed by atoms with Crippen molar-refractivity contribution in [2.24, 2.45) is 4.99 Å². The van der Waals surface area contributed by atoms with Gasteiger partial charge in [0.05, 0.1) is 28.3 Å². The Morgan fingerprint density at radius 2 is 1.68 bits per heavy atom. The Kier molecular flexibility index (Phi) is 5.25. The van der Waals surface area contributed by atoms with Gasteiger partial charge in [0, 0.05) is 18.3 Å². The van der Waals surface area contributed by atoms with Crippen LogP contribution in [0.4, 0.5) is 36.1 Å². The van der Waals surface area contributed by atoms with Gasteiger partial charge in [-0.3, -0.25) is 4.79 Å². The first kappa shape index (κ1) is 21.3.